The Balaban J connectivity index is 1.61. The van der Waals surface area contributed by atoms with Crippen molar-refractivity contribution in [1.29, 1.82) is 0 Å². The van der Waals surface area contributed by atoms with Crippen LogP contribution in [0.25, 0.3) is 54.9 Å². The lowest BCUT2D eigenvalue weighted by Crippen LogP contribution is -1.88. The lowest BCUT2D eigenvalue weighted by atomic mass is 9.91. The zero-order valence-electron chi connectivity index (χ0n) is 25.4. The highest BCUT2D eigenvalue weighted by Crippen LogP contribution is 2.41. The lowest BCUT2D eigenvalue weighted by Gasteiger charge is -2.15. The van der Waals surface area contributed by atoms with Crippen LogP contribution in [0.15, 0.2) is 132 Å². The first kappa shape index (κ1) is 13.1. The van der Waals surface area contributed by atoms with Crippen molar-refractivity contribution in [3.05, 3.63) is 132 Å². The molecule has 0 unspecified atom stereocenters. The van der Waals surface area contributed by atoms with Crippen molar-refractivity contribution in [2.75, 3.05) is 0 Å². The number of halogens is 1. The van der Waals surface area contributed by atoms with Gasteiger partial charge < -0.3 is 0 Å². The average Bonchev–Trinajstić information content (AvgIpc) is 3.00. The molecule has 156 valence electrons. The summed E-state index contributed by atoms with van der Waals surface area (Å²) in [5.74, 6) is 0. The second-order valence-electron chi connectivity index (χ2n) is 7.71. The van der Waals surface area contributed by atoms with Gasteiger partial charge in [-0.3, -0.25) is 0 Å². The molecular formula is C32H21Br. The van der Waals surface area contributed by atoms with Gasteiger partial charge in [0.25, 0.3) is 0 Å². The highest BCUT2D eigenvalue weighted by Gasteiger charge is 2.13. The van der Waals surface area contributed by atoms with Gasteiger partial charge in [-0.15, -0.1) is 0 Å². The zero-order chi connectivity index (χ0) is 29.2. The van der Waals surface area contributed by atoms with Crippen LogP contribution in [0.4, 0.5) is 0 Å². The Morgan fingerprint density at radius 2 is 0.788 bits per heavy atom. The van der Waals surface area contributed by atoms with E-state index in [0.717, 1.165) is 22.3 Å². The molecule has 0 nitrogen and oxygen atoms in total. The highest BCUT2D eigenvalue weighted by molar-refractivity contribution is 9.10. The minimum Gasteiger partial charge on any atom is -0.0622 e. The molecule has 0 bridgehead atoms. The number of hydrogen-bond donors (Lipinski definition) is 0. The van der Waals surface area contributed by atoms with Crippen LogP contribution in [0.1, 0.15) is 11.0 Å². The minimum atomic E-state index is -0.413. The van der Waals surface area contributed by atoms with E-state index in [-0.39, 0.29) is 50.2 Å². The molecule has 6 aromatic rings. The summed E-state index contributed by atoms with van der Waals surface area (Å²) in [5, 5.41) is 0.731. The molecule has 1 heteroatoms. The topological polar surface area (TPSA) is 0 Å². The molecule has 0 heterocycles. The van der Waals surface area contributed by atoms with Crippen molar-refractivity contribution in [3.63, 3.8) is 0 Å². The van der Waals surface area contributed by atoms with E-state index in [9.17, 15) is 0 Å². The molecule has 0 aliphatic carbocycles. The van der Waals surface area contributed by atoms with Crippen LogP contribution >= 0.6 is 15.9 Å². The third-order valence-corrected chi connectivity index (χ3v) is 6.61. The summed E-state index contributed by atoms with van der Waals surface area (Å²) in [6.45, 7) is 0. The van der Waals surface area contributed by atoms with E-state index < -0.39 is 24.2 Å². The zero-order valence-corrected chi connectivity index (χ0v) is 19.0. The van der Waals surface area contributed by atoms with Crippen LogP contribution < -0.4 is 0 Å². The van der Waals surface area contributed by atoms with Crippen LogP contribution in [-0.4, -0.2) is 0 Å². The molecule has 0 radical (unpaired) electrons. The second-order valence-corrected chi connectivity index (χ2v) is 8.50. The standard InChI is InChI=1S/C32H21Br/c33-32-29-12-6-4-10-27(29)31(28-11-5-7-13-30(28)32)26-20-18-25(19-21-26)24-16-14-23(15-17-24)22-8-2-1-3-9-22/h1-21H/i4D,5D,6D,7D,10D,11D,12D,13D. The highest BCUT2D eigenvalue weighted by atomic mass is 79.9. The fourth-order valence-electron chi connectivity index (χ4n) is 4.18. The van der Waals surface area contributed by atoms with E-state index in [0.29, 0.717) is 11.1 Å². The first-order valence-electron chi connectivity index (χ1n) is 14.5. The number of fused-ring (bicyclic) bond motifs is 2. The summed E-state index contributed by atoms with van der Waals surface area (Å²) < 4.78 is 68.2. The summed E-state index contributed by atoms with van der Waals surface area (Å²) in [4.78, 5) is 0. The SMILES string of the molecule is [2H]c1c([2H])c([2H])c2c(-c3ccc(-c4ccc(-c5ccccc5)cc4)cc3)c3c([2H])c([2H])c([2H])c([2H])c3c(Br)c2c1[2H]. The molecule has 0 amide bonds. The van der Waals surface area contributed by atoms with Gasteiger partial charge in [-0.2, -0.15) is 0 Å². The summed E-state index contributed by atoms with van der Waals surface area (Å²) >= 11 is 3.45. The van der Waals surface area contributed by atoms with Crippen LogP contribution in [0.3, 0.4) is 0 Å². The van der Waals surface area contributed by atoms with E-state index in [1.807, 2.05) is 54.6 Å². The van der Waals surface area contributed by atoms with Gasteiger partial charge in [-0.25, -0.2) is 0 Å². The summed E-state index contributed by atoms with van der Waals surface area (Å²) in [5.41, 5.74) is 5.06. The summed E-state index contributed by atoms with van der Waals surface area (Å²) in [7, 11) is 0. The molecule has 0 atom stereocenters. The third-order valence-electron chi connectivity index (χ3n) is 5.81. The van der Waals surface area contributed by atoms with Gasteiger partial charge in [0.2, 0.25) is 0 Å². The second kappa shape index (κ2) is 8.35. The molecule has 0 aromatic heterocycles. The smallest absolute Gasteiger partial charge is 0.0622 e. The molecule has 0 saturated heterocycles. The van der Waals surface area contributed by atoms with Crippen LogP contribution in [0.2, 0.25) is 0 Å². The number of rotatable bonds is 3. The summed E-state index contributed by atoms with van der Waals surface area (Å²) in [6.07, 6.45) is 0. The van der Waals surface area contributed by atoms with Gasteiger partial charge in [-0.05, 0) is 70.9 Å². The Morgan fingerprint density at radius 3 is 1.24 bits per heavy atom. The number of hydrogen-bond acceptors (Lipinski definition) is 0. The third kappa shape index (κ3) is 3.55. The molecular weight excluding hydrogens is 464 g/mol. The molecule has 0 saturated carbocycles. The average molecular weight is 493 g/mol. The summed E-state index contributed by atoms with van der Waals surface area (Å²) in [6, 6.07) is 23.0. The molecule has 6 rings (SSSR count). The van der Waals surface area contributed by atoms with Gasteiger partial charge >= 0.3 is 0 Å². The fraction of sp³-hybridized carbons (Fsp3) is 0. The monoisotopic (exact) mass is 492 g/mol. The quantitative estimate of drug-likeness (QED) is 0.215. The van der Waals surface area contributed by atoms with Crippen molar-refractivity contribution in [2.24, 2.45) is 0 Å². The maximum atomic E-state index is 8.77. The molecule has 0 spiro atoms. The Labute approximate surface area is 213 Å². The predicted octanol–water partition coefficient (Wildman–Crippen LogP) is 9.76. The first-order chi connectivity index (χ1) is 19.6. The van der Waals surface area contributed by atoms with Gasteiger partial charge in [0.05, 0.1) is 11.0 Å². The Bertz CT molecular complexity index is 1920. The Morgan fingerprint density at radius 1 is 0.424 bits per heavy atom. The first-order valence-corrected chi connectivity index (χ1v) is 11.3. The fourth-order valence-corrected chi connectivity index (χ4v) is 4.78. The van der Waals surface area contributed by atoms with E-state index in [2.05, 4.69) is 40.2 Å². The largest absolute Gasteiger partial charge is 0.0630 e. The van der Waals surface area contributed by atoms with Gasteiger partial charge in [-0.1, -0.05) is 127 Å². The van der Waals surface area contributed by atoms with E-state index in [1.165, 1.54) is 0 Å². The van der Waals surface area contributed by atoms with Crippen molar-refractivity contribution in [2.45, 2.75) is 0 Å². The molecule has 0 N–H and O–H groups in total. The van der Waals surface area contributed by atoms with Crippen molar-refractivity contribution < 1.29 is 11.0 Å². The van der Waals surface area contributed by atoms with E-state index in [4.69, 9.17) is 11.0 Å². The van der Waals surface area contributed by atoms with E-state index >= 15 is 0 Å². The predicted molar refractivity (Wildman–Crippen MR) is 145 cm³/mol. The molecule has 6 aromatic carbocycles. The normalized spacial score (nSPS) is 14.6. The van der Waals surface area contributed by atoms with Crippen molar-refractivity contribution in [1.82, 2.24) is 0 Å². The van der Waals surface area contributed by atoms with Crippen molar-refractivity contribution >= 4 is 37.5 Å². The number of benzene rings is 6. The van der Waals surface area contributed by atoms with Crippen LogP contribution in [-0.2, 0) is 0 Å². The minimum absolute atomic E-state index is 0.170. The molecule has 0 fully saturated rings. The van der Waals surface area contributed by atoms with E-state index in [1.54, 1.807) is 0 Å². The van der Waals surface area contributed by atoms with Gasteiger partial charge in [0.1, 0.15) is 0 Å². The van der Waals surface area contributed by atoms with Crippen molar-refractivity contribution in [3.8, 4) is 33.4 Å². The van der Waals surface area contributed by atoms with Gasteiger partial charge in [0, 0.05) is 4.47 Å². The Hall–Kier alpha value is -3.68. The maximum Gasteiger partial charge on any atom is 0.0630 e. The van der Waals surface area contributed by atoms with Crippen LogP contribution in [0.5, 0.6) is 0 Å². The molecule has 0 aliphatic heterocycles. The maximum absolute atomic E-state index is 8.77. The Kier molecular flexibility index (Phi) is 3.32. The van der Waals surface area contributed by atoms with Crippen LogP contribution in [0, 0.1) is 0 Å². The van der Waals surface area contributed by atoms with Gasteiger partial charge in [0.15, 0.2) is 0 Å². The molecule has 33 heavy (non-hydrogen) atoms. The molecule has 0 aliphatic rings. The lowest BCUT2D eigenvalue weighted by molar-refractivity contribution is 1.59.